The molecular weight excluding hydrogens is 671 g/mol. The number of hydrogen-bond donors (Lipinski definition) is 0. The van der Waals surface area contributed by atoms with E-state index in [0.29, 0.717) is 5.89 Å². The summed E-state index contributed by atoms with van der Waals surface area (Å²) in [5.41, 5.74) is 12.5. The Labute approximate surface area is 320 Å². The van der Waals surface area contributed by atoms with Crippen molar-refractivity contribution >= 4 is 60.7 Å². The number of oxazole rings is 1. The van der Waals surface area contributed by atoms with Gasteiger partial charge in [0.2, 0.25) is 5.89 Å². The number of rotatable bonds is 6. The minimum Gasteiger partial charge on any atom is -0.434 e. The second-order valence-electron chi connectivity index (χ2n) is 15.3. The van der Waals surface area contributed by atoms with Gasteiger partial charge in [0.05, 0.1) is 22.4 Å². The summed E-state index contributed by atoms with van der Waals surface area (Å²) in [6.07, 6.45) is 0. The van der Waals surface area contributed by atoms with E-state index in [9.17, 15) is 0 Å². The molecule has 0 aliphatic carbocycles. The van der Waals surface area contributed by atoms with Crippen molar-refractivity contribution < 1.29 is 4.42 Å². The van der Waals surface area contributed by atoms with Crippen molar-refractivity contribution in [3.8, 4) is 28.3 Å². The highest BCUT2D eigenvalue weighted by molar-refractivity contribution is 6.21. The maximum atomic E-state index is 6.75. The summed E-state index contributed by atoms with van der Waals surface area (Å²) in [4.78, 5) is 7.36. The largest absolute Gasteiger partial charge is 0.434 e. The van der Waals surface area contributed by atoms with E-state index in [4.69, 9.17) is 9.40 Å². The van der Waals surface area contributed by atoms with Gasteiger partial charge in [-0.3, -0.25) is 0 Å². The van der Waals surface area contributed by atoms with E-state index in [1.54, 1.807) is 0 Å². The number of anilines is 3. The van der Waals surface area contributed by atoms with Crippen LogP contribution in [0.1, 0.15) is 26.3 Å². The molecular formula is C51H39N3O. The molecule has 4 nitrogen and oxygen atoms in total. The lowest BCUT2D eigenvalue weighted by atomic mass is 9.86. The number of para-hydroxylation sites is 3. The topological polar surface area (TPSA) is 34.2 Å². The fourth-order valence-corrected chi connectivity index (χ4v) is 8.03. The predicted octanol–water partition coefficient (Wildman–Crippen LogP) is 14.2. The summed E-state index contributed by atoms with van der Waals surface area (Å²) in [7, 11) is 0. The maximum Gasteiger partial charge on any atom is 0.227 e. The molecule has 4 heteroatoms. The van der Waals surface area contributed by atoms with Crippen LogP contribution >= 0.6 is 0 Å². The van der Waals surface area contributed by atoms with E-state index in [0.717, 1.165) is 50.5 Å². The molecule has 0 aliphatic rings. The zero-order valence-electron chi connectivity index (χ0n) is 31.1. The molecule has 0 bridgehead atoms. The van der Waals surface area contributed by atoms with Gasteiger partial charge in [0.25, 0.3) is 0 Å². The van der Waals surface area contributed by atoms with E-state index >= 15 is 0 Å². The second-order valence-corrected chi connectivity index (χ2v) is 15.3. The molecule has 8 aromatic carbocycles. The molecule has 0 spiro atoms. The summed E-state index contributed by atoms with van der Waals surface area (Å²) in [5.74, 6) is 0.596. The molecule has 0 fully saturated rings. The SMILES string of the molecule is CC(C)(C)c1ccc(-c2cccc(N(c3cccc4nc(-c5ccccc5)oc34)c3cccc4c5ccc6ccccc6c5n(-c5ccccc5)c34)c2)cc1. The number of fused-ring (bicyclic) bond motifs is 6. The highest BCUT2D eigenvalue weighted by atomic mass is 16.3. The predicted molar refractivity (Wildman–Crippen MR) is 230 cm³/mol. The highest BCUT2D eigenvalue weighted by Crippen LogP contribution is 2.47. The lowest BCUT2D eigenvalue weighted by molar-refractivity contribution is 0.590. The third-order valence-corrected chi connectivity index (χ3v) is 10.8. The van der Waals surface area contributed by atoms with Crippen LogP contribution in [0, 0.1) is 0 Å². The Hall–Kier alpha value is -6.91. The van der Waals surface area contributed by atoms with E-state index in [1.807, 2.05) is 36.4 Å². The first-order valence-electron chi connectivity index (χ1n) is 18.9. The fraction of sp³-hybridized carbons (Fsp3) is 0.0784. The Bertz CT molecular complexity index is 3000. The molecule has 10 rings (SSSR count). The molecule has 0 atom stereocenters. The van der Waals surface area contributed by atoms with E-state index in [-0.39, 0.29) is 5.41 Å². The summed E-state index contributed by atoms with van der Waals surface area (Å²) >= 11 is 0. The average Bonchev–Trinajstić information content (AvgIpc) is 3.83. The van der Waals surface area contributed by atoms with Crippen molar-refractivity contribution in [3.05, 3.63) is 188 Å². The Kier molecular flexibility index (Phi) is 7.67. The van der Waals surface area contributed by atoms with Crippen LogP contribution in [0.15, 0.2) is 186 Å². The molecule has 0 saturated carbocycles. The first kappa shape index (κ1) is 32.7. The van der Waals surface area contributed by atoms with Crippen molar-refractivity contribution in [2.45, 2.75) is 26.2 Å². The standard InChI is InChI=1S/C51H39N3O/c1-51(2,3)38-30-27-34(28-31-38)37-18-12-21-40(33-37)53(46-26-14-24-44-49(46)55-50(52-44)36-16-6-4-7-17-36)45-25-13-23-42-43-32-29-35-15-10-11-22-41(35)47(43)54(48(42)45)39-19-8-5-9-20-39/h4-33H,1-3H3. The van der Waals surface area contributed by atoms with Crippen LogP contribution in [-0.2, 0) is 5.41 Å². The Morgan fingerprint density at radius 1 is 0.509 bits per heavy atom. The Morgan fingerprint density at radius 2 is 1.16 bits per heavy atom. The summed E-state index contributed by atoms with van der Waals surface area (Å²) in [6, 6.07) is 64.8. The monoisotopic (exact) mass is 709 g/mol. The van der Waals surface area contributed by atoms with E-state index in [2.05, 4.69) is 176 Å². The van der Waals surface area contributed by atoms with Crippen LogP contribution in [0.2, 0.25) is 0 Å². The summed E-state index contributed by atoms with van der Waals surface area (Å²) in [5, 5.41) is 4.80. The molecule has 0 N–H and O–H groups in total. The molecule has 2 aromatic heterocycles. The van der Waals surface area contributed by atoms with Crippen LogP contribution in [-0.4, -0.2) is 9.55 Å². The molecule has 0 unspecified atom stereocenters. The molecule has 264 valence electrons. The third-order valence-electron chi connectivity index (χ3n) is 10.8. The Morgan fingerprint density at radius 3 is 1.96 bits per heavy atom. The van der Waals surface area contributed by atoms with Gasteiger partial charge < -0.3 is 13.9 Å². The number of aromatic nitrogens is 2. The van der Waals surface area contributed by atoms with Gasteiger partial charge in [0.1, 0.15) is 5.52 Å². The molecule has 0 aliphatic heterocycles. The van der Waals surface area contributed by atoms with Gasteiger partial charge in [0, 0.05) is 33.1 Å². The van der Waals surface area contributed by atoms with Crippen molar-refractivity contribution in [1.82, 2.24) is 9.55 Å². The lowest BCUT2D eigenvalue weighted by Crippen LogP contribution is -2.12. The van der Waals surface area contributed by atoms with Gasteiger partial charge >= 0.3 is 0 Å². The van der Waals surface area contributed by atoms with Gasteiger partial charge in [-0.1, -0.05) is 148 Å². The smallest absolute Gasteiger partial charge is 0.227 e. The fourth-order valence-electron chi connectivity index (χ4n) is 8.03. The zero-order chi connectivity index (χ0) is 37.1. The number of nitrogens with zero attached hydrogens (tertiary/aromatic N) is 3. The molecule has 55 heavy (non-hydrogen) atoms. The van der Waals surface area contributed by atoms with Crippen molar-refractivity contribution in [2.75, 3.05) is 4.90 Å². The van der Waals surface area contributed by atoms with E-state index < -0.39 is 0 Å². The second kappa shape index (κ2) is 12.9. The molecule has 0 saturated heterocycles. The molecule has 0 radical (unpaired) electrons. The van der Waals surface area contributed by atoms with Gasteiger partial charge in [-0.25, -0.2) is 4.98 Å². The highest BCUT2D eigenvalue weighted by Gasteiger charge is 2.25. The molecule has 2 heterocycles. The lowest BCUT2D eigenvalue weighted by Gasteiger charge is -2.27. The summed E-state index contributed by atoms with van der Waals surface area (Å²) < 4.78 is 9.20. The van der Waals surface area contributed by atoms with Gasteiger partial charge in [0.15, 0.2) is 5.58 Å². The minimum absolute atomic E-state index is 0.0761. The first-order chi connectivity index (χ1) is 26.9. The first-order valence-corrected chi connectivity index (χ1v) is 18.9. The van der Waals surface area contributed by atoms with Crippen LogP contribution in [0.3, 0.4) is 0 Å². The van der Waals surface area contributed by atoms with Crippen molar-refractivity contribution in [3.63, 3.8) is 0 Å². The number of benzene rings is 8. The summed E-state index contributed by atoms with van der Waals surface area (Å²) in [6.45, 7) is 6.77. The average molecular weight is 710 g/mol. The van der Waals surface area contributed by atoms with Crippen molar-refractivity contribution in [1.29, 1.82) is 0 Å². The van der Waals surface area contributed by atoms with E-state index in [1.165, 1.54) is 38.2 Å². The van der Waals surface area contributed by atoms with Crippen LogP contribution in [0.5, 0.6) is 0 Å². The van der Waals surface area contributed by atoms with Gasteiger partial charge in [-0.15, -0.1) is 0 Å². The number of hydrogen-bond acceptors (Lipinski definition) is 3. The molecule has 10 aromatic rings. The normalized spacial score (nSPS) is 11.9. The zero-order valence-corrected chi connectivity index (χ0v) is 31.1. The van der Waals surface area contributed by atoms with Crippen LogP contribution in [0.25, 0.3) is 71.9 Å². The minimum atomic E-state index is 0.0761. The van der Waals surface area contributed by atoms with Gasteiger partial charge in [-0.05, 0) is 82.1 Å². The Balaban J connectivity index is 1.28. The third kappa shape index (κ3) is 5.57. The molecule has 0 amide bonds. The van der Waals surface area contributed by atoms with Crippen molar-refractivity contribution in [2.24, 2.45) is 0 Å². The maximum absolute atomic E-state index is 6.75. The van der Waals surface area contributed by atoms with Gasteiger partial charge in [-0.2, -0.15) is 0 Å². The quantitative estimate of drug-likeness (QED) is 0.172. The van der Waals surface area contributed by atoms with Crippen LogP contribution in [0.4, 0.5) is 17.1 Å². The van der Waals surface area contributed by atoms with Crippen LogP contribution < -0.4 is 4.90 Å².